The first kappa shape index (κ1) is 10.8. The van der Waals surface area contributed by atoms with E-state index < -0.39 is 0 Å². The Kier molecular flexibility index (Phi) is 3.27. The van der Waals surface area contributed by atoms with E-state index in [9.17, 15) is 0 Å². The first-order valence-corrected chi connectivity index (χ1v) is 7.34. The minimum atomic E-state index is 0.749. The van der Waals surface area contributed by atoms with E-state index in [1.165, 1.54) is 44.3 Å². The third-order valence-corrected chi connectivity index (χ3v) is 4.38. The third kappa shape index (κ3) is 2.65. The van der Waals surface area contributed by atoms with Crippen molar-refractivity contribution in [3.05, 3.63) is 22.4 Å². The van der Waals surface area contributed by atoms with Crippen molar-refractivity contribution in [2.75, 3.05) is 13.1 Å². The molecule has 0 amide bonds. The molecular weight excluding hydrogens is 216 g/mol. The molecule has 16 heavy (non-hydrogen) atoms. The molecule has 88 valence electrons. The minimum Gasteiger partial charge on any atom is -0.313 e. The lowest BCUT2D eigenvalue weighted by molar-refractivity contribution is 0.231. The van der Waals surface area contributed by atoms with Crippen molar-refractivity contribution in [2.24, 2.45) is 0 Å². The highest BCUT2D eigenvalue weighted by atomic mass is 32.1. The Hall–Kier alpha value is -0.380. The molecule has 0 unspecified atom stereocenters. The zero-order valence-electron chi connectivity index (χ0n) is 9.69. The van der Waals surface area contributed by atoms with Gasteiger partial charge < -0.3 is 5.32 Å². The first-order valence-electron chi connectivity index (χ1n) is 6.40. The molecule has 1 aliphatic carbocycles. The van der Waals surface area contributed by atoms with E-state index in [-0.39, 0.29) is 0 Å². The maximum atomic E-state index is 3.61. The summed E-state index contributed by atoms with van der Waals surface area (Å²) in [4.78, 5) is 2.69. The molecule has 3 rings (SSSR count). The van der Waals surface area contributed by atoms with Gasteiger partial charge in [0.2, 0.25) is 0 Å². The summed E-state index contributed by atoms with van der Waals surface area (Å²) in [6, 6.07) is 3.89. The zero-order chi connectivity index (χ0) is 10.8. The molecule has 2 heterocycles. The summed E-state index contributed by atoms with van der Waals surface area (Å²) in [5, 5.41) is 8.09. The molecule has 1 aromatic heterocycles. The van der Waals surface area contributed by atoms with Crippen molar-refractivity contribution in [2.45, 2.75) is 44.3 Å². The SMILES string of the molecule is c1cc(CN(C[C@@H]2CCCN2)C2CC2)cs1. The van der Waals surface area contributed by atoms with Gasteiger partial charge in [0.25, 0.3) is 0 Å². The quantitative estimate of drug-likeness (QED) is 0.845. The van der Waals surface area contributed by atoms with E-state index in [1.807, 2.05) is 11.3 Å². The van der Waals surface area contributed by atoms with Gasteiger partial charge in [-0.05, 0) is 54.6 Å². The molecule has 0 radical (unpaired) electrons. The zero-order valence-corrected chi connectivity index (χ0v) is 10.5. The van der Waals surface area contributed by atoms with Gasteiger partial charge >= 0.3 is 0 Å². The Labute approximate surface area is 102 Å². The smallest absolute Gasteiger partial charge is 0.0245 e. The van der Waals surface area contributed by atoms with Gasteiger partial charge in [0.1, 0.15) is 0 Å². The molecule has 2 nitrogen and oxygen atoms in total. The van der Waals surface area contributed by atoms with Gasteiger partial charge in [0.15, 0.2) is 0 Å². The molecule has 0 bridgehead atoms. The molecule has 0 spiro atoms. The van der Waals surface area contributed by atoms with Crippen LogP contribution in [0.4, 0.5) is 0 Å². The van der Waals surface area contributed by atoms with Crippen molar-refractivity contribution in [3.63, 3.8) is 0 Å². The largest absolute Gasteiger partial charge is 0.313 e. The molecule has 2 fully saturated rings. The van der Waals surface area contributed by atoms with E-state index in [0.29, 0.717) is 0 Å². The summed E-state index contributed by atoms with van der Waals surface area (Å²) < 4.78 is 0. The van der Waals surface area contributed by atoms with Crippen LogP contribution in [0.1, 0.15) is 31.2 Å². The molecule has 1 aromatic rings. The van der Waals surface area contributed by atoms with Crippen LogP contribution in [0.3, 0.4) is 0 Å². The van der Waals surface area contributed by atoms with Crippen LogP contribution in [0.5, 0.6) is 0 Å². The van der Waals surface area contributed by atoms with Gasteiger partial charge in [0.05, 0.1) is 0 Å². The maximum Gasteiger partial charge on any atom is 0.0245 e. The van der Waals surface area contributed by atoms with Crippen molar-refractivity contribution < 1.29 is 0 Å². The van der Waals surface area contributed by atoms with E-state index in [4.69, 9.17) is 0 Å². The Morgan fingerprint density at radius 3 is 2.94 bits per heavy atom. The Bertz CT molecular complexity index is 313. The molecule has 1 aliphatic heterocycles. The fourth-order valence-electron chi connectivity index (χ4n) is 2.60. The van der Waals surface area contributed by atoms with E-state index >= 15 is 0 Å². The Morgan fingerprint density at radius 2 is 2.31 bits per heavy atom. The molecule has 3 heteroatoms. The van der Waals surface area contributed by atoms with Crippen molar-refractivity contribution in [1.82, 2.24) is 10.2 Å². The predicted molar refractivity (Wildman–Crippen MR) is 68.8 cm³/mol. The van der Waals surface area contributed by atoms with Crippen LogP contribution >= 0.6 is 11.3 Å². The van der Waals surface area contributed by atoms with Crippen LogP contribution in [0, 0.1) is 0 Å². The van der Waals surface area contributed by atoms with Gasteiger partial charge in [-0.2, -0.15) is 11.3 Å². The number of rotatable bonds is 5. The molecular formula is C13H20N2S. The second-order valence-corrected chi connectivity index (χ2v) is 5.87. The fourth-order valence-corrected chi connectivity index (χ4v) is 3.25. The number of nitrogens with one attached hydrogen (secondary N) is 1. The van der Waals surface area contributed by atoms with Gasteiger partial charge in [-0.1, -0.05) is 0 Å². The summed E-state index contributed by atoms with van der Waals surface area (Å²) in [6.07, 6.45) is 5.56. The van der Waals surface area contributed by atoms with Crippen LogP contribution < -0.4 is 5.32 Å². The molecule has 2 aliphatic rings. The van der Waals surface area contributed by atoms with Crippen LogP contribution in [-0.2, 0) is 6.54 Å². The summed E-state index contributed by atoms with van der Waals surface area (Å²) in [7, 11) is 0. The highest BCUT2D eigenvalue weighted by molar-refractivity contribution is 7.07. The molecule has 1 atom stereocenters. The lowest BCUT2D eigenvalue weighted by Gasteiger charge is -2.25. The molecule has 0 aromatic carbocycles. The Balaban J connectivity index is 1.57. The van der Waals surface area contributed by atoms with Crippen molar-refractivity contribution in [1.29, 1.82) is 0 Å². The average molecular weight is 236 g/mol. The highest BCUT2D eigenvalue weighted by Gasteiger charge is 2.31. The summed E-state index contributed by atoms with van der Waals surface area (Å²) in [5.74, 6) is 0. The van der Waals surface area contributed by atoms with Gasteiger partial charge in [-0.15, -0.1) is 0 Å². The highest BCUT2D eigenvalue weighted by Crippen LogP contribution is 2.29. The first-order chi connectivity index (χ1) is 7.92. The normalized spacial score (nSPS) is 25.4. The van der Waals surface area contributed by atoms with E-state index in [2.05, 4.69) is 27.0 Å². The Morgan fingerprint density at radius 1 is 1.38 bits per heavy atom. The maximum absolute atomic E-state index is 3.61. The van der Waals surface area contributed by atoms with Crippen molar-refractivity contribution >= 4 is 11.3 Å². The van der Waals surface area contributed by atoms with Crippen LogP contribution in [0.15, 0.2) is 16.8 Å². The third-order valence-electron chi connectivity index (χ3n) is 3.65. The van der Waals surface area contributed by atoms with Crippen LogP contribution in [0.2, 0.25) is 0 Å². The molecule has 1 saturated heterocycles. The topological polar surface area (TPSA) is 15.3 Å². The number of hydrogen-bond donors (Lipinski definition) is 1. The molecule has 1 saturated carbocycles. The van der Waals surface area contributed by atoms with E-state index in [1.54, 1.807) is 0 Å². The monoisotopic (exact) mass is 236 g/mol. The second kappa shape index (κ2) is 4.86. The molecule has 1 N–H and O–H groups in total. The average Bonchev–Trinajstić information content (AvgIpc) is 2.79. The lowest BCUT2D eigenvalue weighted by atomic mass is 10.2. The number of nitrogens with zero attached hydrogens (tertiary/aromatic N) is 1. The van der Waals surface area contributed by atoms with Gasteiger partial charge in [0, 0.05) is 25.2 Å². The summed E-state index contributed by atoms with van der Waals surface area (Å²) in [6.45, 7) is 3.63. The predicted octanol–water partition coefficient (Wildman–Crippen LogP) is 2.46. The van der Waals surface area contributed by atoms with Crippen molar-refractivity contribution in [3.8, 4) is 0 Å². The standard InChI is InChI=1S/C13H20N2S/c1-2-12(14-6-1)9-15(13-3-4-13)8-11-5-7-16-10-11/h5,7,10,12-14H,1-4,6,8-9H2/t12-/m0/s1. The van der Waals surface area contributed by atoms with Crippen LogP contribution in [-0.4, -0.2) is 30.1 Å². The lowest BCUT2D eigenvalue weighted by Crippen LogP contribution is -2.38. The van der Waals surface area contributed by atoms with E-state index in [0.717, 1.165) is 18.6 Å². The second-order valence-electron chi connectivity index (χ2n) is 5.09. The summed E-state index contributed by atoms with van der Waals surface area (Å²) >= 11 is 1.81. The summed E-state index contributed by atoms with van der Waals surface area (Å²) in [5.41, 5.74) is 1.50. The fraction of sp³-hybridized carbons (Fsp3) is 0.692. The number of hydrogen-bond acceptors (Lipinski definition) is 3. The van der Waals surface area contributed by atoms with Gasteiger partial charge in [-0.3, -0.25) is 4.90 Å². The van der Waals surface area contributed by atoms with Crippen LogP contribution in [0.25, 0.3) is 0 Å². The minimum absolute atomic E-state index is 0.749. The number of thiophene rings is 1. The van der Waals surface area contributed by atoms with Gasteiger partial charge in [-0.25, -0.2) is 0 Å².